The maximum Gasteiger partial charge on any atom is 0.195 e. The average molecular weight is 357 g/mol. The van der Waals surface area contributed by atoms with Crippen LogP contribution >= 0.6 is 0 Å². The van der Waals surface area contributed by atoms with E-state index in [1.807, 2.05) is 21.0 Å². The van der Waals surface area contributed by atoms with Crippen molar-refractivity contribution in [1.29, 1.82) is 0 Å². The molecule has 0 aliphatic heterocycles. The second-order valence-electron chi connectivity index (χ2n) is 6.99. The van der Waals surface area contributed by atoms with Crippen molar-refractivity contribution in [3.8, 4) is 0 Å². The molecular formula is C22H44O3. The molecule has 3 nitrogen and oxygen atoms in total. The van der Waals surface area contributed by atoms with E-state index in [1.165, 1.54) is 32.1 Å². The third-order valence-corrected chi connectivity index (χ3v) is 5.24. The number of methoxy groups -OCH3 is 1. The summed E-state index contributed by atoms with van der Waals surface area (Å²) in [6.07, 6.45) is 14.0. The van der Waals surface area contributed by atoms with E-state index >= 15 is 0 Å². The highest BCUT2D eigenvalue weighted by Crippen LogP contribution is 2.44. The molecule has 150 valence electrons. The fourth-order valence-corrected chi connectivity index (χ4v) is 4.08. The Labute approximate surface area is 157 Å². The van der Waals surface area contributed by atoms with Crippen LogP contribution in [0.25, 0.3) is 0 Å². The highest BCUT2D eigenvalue weighted by atomic mass is 16.7. The Morgan fingerprint density at radius 2 is 1.48 bits per heavy atom. The molecule has 3 heteroatoms. The van der Waals surface area contributed by atoms with Gasteiger partial charge in [0.2, 0.25) is 0 Å². The van der Waals surface area contributed by atoms with Crippen molar-refractivity contribution in [2.75, 3.05) is 20.3 Å². The van der Waals surface area contributed by atoms with Crippen LogP contribution in [0.3, 0.4) is 0 Å². The zero-order valence-corrected chi connectivity index (χ0v) is 18.0. The van der Waals surface area contributed by atoms with Gasteiger partial charge in [-0.3, -0.25) is 0 Å². The minimum absolute atomic E-state index is 0.284. The van der Waals surface area contributed by atoms with Gasteiger partial charge in [-0.15, -0.1) is 0 Å². The normalized spacial score (nSPS) is 16.3. The topological polar surface area (TPSA) is 27.7 Å². The SMILES string of the molecule is CC=CC(CCCCCCC)C(CCC)(OC)C(C)(OCC)OCC. The van der Waals surface area contributed by atoms with Crippen molar-refractivity contribution < 1.29 is 14.2 Å². The highest BCUT2D eigenvalue weighted by Gasteiger charge is 2.54. The first-order valence-electron chi connectivity index (χ1n) is 10.5. The van der Waals surface area contributed by atoms with Crippen molar-refractivity contribution in [1.82, 2.24) is 0 Å². The minimum atomic E-state index is -0.741. The van der Waals surface area contributed by atoms with Gasteiger partial charge in [0.15, 0.2) is 5.79 Å². The van der Waals surface area contributed by atoms with Crippen LogP contribution in [-0.2, 0) is 14.2 Å². The first-order chi connectivity index (χ1) is 12.0. The van der Waals surface area contributed by atoms with E-state index in [9.17, 15) is 0 Å². The largest absolute Gasteiger partial charge is 0.372 e. The number of rotatable bonds is 16. The summed E-state index contributed by atoms with van der Waals surface area (Å²) in [7, 11) is 1.82. The van der Waals surface area contributed by atoms with E-state index in [0.29, 0.717) is 13.2 Å². The molecule has 0 saturated carbocycles. The zero-order valence-electron chi connectivity index (χ0n) is 18.0. The lowest BCUT2D eigenvalue weighted by molar-refractivity contribution is -0.328. The minimum Gasteiger partial charge on any atom is -0.372 e. The van der Waals surface area contributed by atoms with E-state index in [1.54, 1.807) is 0 Å². The highest BCUT2D eigenvalue weighted by molar-refractivity contribution is 5.06. The Balaban J connectivity index is 5.54. The van der Waals surface area contributed by atoms with E-state index in [2.05, 4.69) is 39.8 Å². The summed E-state index contributed by atoms with van der Waals surface area (Å²) in [6, 6.07) is 0. The number of hydrogen-bond acceptors (Lipinski definition) is 3. The third kappa shape index (κ3) is 7.03. The van der Waals surface area contributed by atoms with Gasteiger partial charge in [-0.25, -0.2) is 0 Å². The first-order valence-corrected chi connectivity index (χ1v) is 10.5. The molecule has 0 aromatic rings. The first kappa shape index (κ1) is 24.6. The van der Waals surface area contributed by atoms with Gasteiger partial charge < -0.3 is 14.2 Å². The summed E-state index contributed by atoms with van der Waals surface area (Å²) in [6.45, 7) is 13.9. The van der Waals surface area contributed by atoms with Crippen LogP contribution in [0.4, 0.5) is 0 Å². The van der Waals surface area contributed by atoms with Crippen LogP contribution in [0.1, 0.15) is 92.9 Å². The van der Waals surface area contributed by atoms with E-state index in [-0.39, 0.29) is 5.92 Å². The third-order valence-electron chi connectivity index (χ3n) is 5.24. The molecule has 0 saturated heterocycles. The summed E-state index contributed by atoms with van der Waals surface area (Å²) < 4.78 is 18.6. The van der Waals surface area contributed by atoms with Crippen LogP contribution in [0.5, 0.6) is 0 Å². The Morgan fingerprint density at radius 3 is 1.92 bits per heavy atom. The van der Waals surface area contributed by atoms with Gasteiger partial charge in [0.25, 0.3) is 0 Å². The molecule has 0 aliphatic rings. The molecule has 0 N–H and O–H groups in total. The molecule has 0 aliphatic carbocycles. The van der Waals surface area contributed by atoms with Crippen molar-refractivity contribution in [2.24, 2.45) is 5.92 Å². The van der Waals surface area contributed by atoms with Crippen molar-refractivity contribution in [3.63, 3.8) is 0 Å². The van der Waals surface area contributed by atoms with Gasteiger partial charge in [0.1, 0.15) is 5.60 Å². The van der Waals surface area contributed by atoms with E-state index < -0.39 is 11.4 Å². The van der Waals surface area contributed by atoms with Gasteiger partial charge in [-0.2, -0.15) is 0 Å². The van der Waals surface area contributed by atoms with Gasteiger partial charge in [-0.05, 0) is 40.5 Å². The molecule has 0 fully saturated rings. The molecule has 2 unspecified atom stereocenters. The Morgan fingerprint density at radius 1 is 0.880 bits per heavy atom. The molecule has 0 bridgehead atoms. The van der Waals surface area contributed by atoms with Crippen LogP contribution in [0.2, 0.25) is 0 Å². The lowest BCUT2D eigenvalue weighted by atomic mass is 9.74. The van der Waals surface area contributed by atoms with Crippen LogP contribution in [0, 0.1) is 5.92 Å². The van der Waals surface area contributed by atoms with Crippen molar-refractivity contribution >= 4 is 0 Å². The second kappa shape index (κ2) is 13.8. The standard InChI is InChI=1S/C22H44O3/c1-8-13-14-15-16-18-20(17-9-2)22(23-7,19-10-3)21(6,24-11-4)25-12-5/h9,17,20H,8,10-16,18-19H2,1-7H3. The van der Waals surface area contributed by atoms with Crippen LogP contribution in [0.15, 0.2) is 12.2 Å². The molecule has 0 amide bonds. The summed E-state index contributed by atoms with van der Waals surface area (Å²) in [4.78, 5) is 0. The van der Waals surface area contributed by atoms with Gasteiger partial charge in [0, 0.05) is 26.2 Å². The summed E-state index contributed by atoms with van der Waals surface area (Å²) in [5, 5.41) is 0. The van der Waals surface area contributed by atoms with Gasteiger partial charge in [0.05, 0.1) is 0 Å². The molecule has 0 rings (SSSR count). The summed E-state index contributed by atoms with van der Waals surface area (Å²) in [5.41, 5.74) is -0.467. The lowest BCUT2D eigenvalue weighted by Crippen LogP contribution is -2.61. The summed E-state index contributed by atoms with van der Waals surface area (Å²) >= 11 is 0. The summed E-state index contributed by atoms with van der Waals surface area (Å²) in [5.74, 6) is -0.457. The van der Waals surface area contributed by atoms with E-state index in [0.717, 1.165) is 19.3 Å². The fourth-order valence-electron chi connectivity index (χ4n) is 4.08. The number of ether oxygens (including phenoxy) is 3. The number of allylic oxidation sites excluding steroid dienone is 1. The molecule has 25 heavy (non-hydrogen) atoms. The fraction of sp³-hybridized carbons (Fsp3) is 0.909. The monoisotopic (exact) mass is 356 g/mol. The number of unbranched alkanes of at least 4 members (excludes halogenated alkanes) is 4. The maximum absolute atomic E-state index is 6.24. The Bertz CT molecular complexity index is 334. The smallest absolute Gasteiger partial charge is 0.195 e. The molecule has 0 aromatic heterocycles. The second-order valence-corrected chi connectivity index (χ2v) is 6.99. The molecule has 0 aromatic carbocycles. The Kier molecular flexibility index (Phi) is 13.6. The quantitative estimate of drug-likeness (QED) is 0.179. The predicted molar refractivity (Wildman–Crippen MR) is 108 cm³/mol. The molecule has 0 heterocycles. The molecule has 0 spiro atoms. The molecule has 2 atom stereocenters. The van der Waals surface area contributed by atoms with Gasteiger partial charge >= 0.3 is 0 Å². The predicted octanol–water partition coefficient (Wildman–Crippen LogP) is 6.51. The van der Waals surface area contributed by atoms with Crippen molar-refractivity contribution in [2.45, 2.75) is 104 Å². The van der Waals surface area contributed by atoms with Crippen LogP contribution in [-0.4, -0.2) is 31.7 Å². The van der Waals surface area contributed by atoms with Crippen LogP contribution < -0.4 is 0 Å². The lowest BCUT2D eigenvalue weighted by Gasteiger charge is -2.50. The molecule has 0 radical (unpaired) electrons. The van der Waals surface area contributed by atoms with Crippen molar-refractivity contribution in [3.05, 3.63) is 12.2 Å². The maximum atomic E-state index is 6.24. The average Bonchev–Trinajstić information content (AvgIpc) is 2.59. The Hall–Kier alpha value is -0.380. The van der Waals surface area contributed by atoms with E-state index in [4.69, 9.17) is 14.2 Å². The van der Waals surface area contributed by atoms with Gasteiger partial charge in [-0.1, -0.05) is 64.5 Å². The molecular weight excluding hydrogens is 312 g/mol. The number of hydrogen-bond donors (Lipinski definition) is 0. The zero-order chi connectivity index (χ0) is 19.2.